The van der Waals surface area contributed by atoms with E-state index in [9.17, 15) is 14.9 Å². The number of likely N-dealkylation sites (tertiary alicyclic amines) is 1. The quantitative estimate of drug-likeness (QED) is 0.735. The third-order valence-electron chi connectivity index (χ3n) is 5.02. The summed E-state index contributed by atoms with van der Waals surface area (Å²) in [6.45, 7) is 3.74. The molecule has 0 unspecified atom stereocenters. The van der Waals surface area contributed by atoms with Crippen LogP contribution in [0.25, 0.3) is 0 Å². The molecule has 4 nitrogen and oxygen atoms in total. The Labute approximate surface area is 114 Å². The van der Waals surface area contributed by atoms with Crippen LogP contribution in [0.4, 0.5) is 0 Å². The van der Waals surface area contributed by atoms with E-state index in [-0.39, 0.29) is 17.2 Å². The maximum absolute atomic E-state index is 12.4. The van der Waals surface area contributed by atoms with Gasteiger partial charge in [-0.3, -0.25) is 14.5 Å². The molecule has 2 amide bonds. The largest absolute Gasteiger partial charge is 0.274 e. The van der Waals surface area contributed by atoms with Crippen molar-refractivity contribution < 1.29 is 9.59 Å². The topological polar surface area (TPSA) is 61.2 Å². The van der Waals surface area contributed by atoms with Crippen molar-refractivity contribution in [2.24, 2.45) is 5.41 Å². The van der Waals surface area contributed by atoms with Gasteiger partial charge in [0.15, 0.2) is 0 Å². The van der Waals surface area contributed by atoms with Crippen molar-refractivity contribution in [1.82, 2.24) is 4.90 Å². The Bertz CT molecular complexity index is 406. The number of imide groups is 1. The number of carbonyl (C=O) groups excluding carboxylic acids is 2. The second kappa shape index (κ2) is 4.96. The van der Waals surface area contributed by atoms with Gasteiger partial charge >= 0.3 is 0 Å². The van der Waals surface area contributed by atoms with Crippen LogP contribution < -0.4 is 0 Å². The van der Waals surface area contributed by atoms with Crippen molar-refractivity contribution in [3.05, 3.63) is 0 Å². The molecule has 1 saturated carbocycles. The molecule has 0 aromatic rings. The molecule has 1 aliphatic heterocycles. The summed E-state index contributed by atoms with van der Waals surface area (Å²) in [6.07, 6.45) is 6.10. The van der Waals surface area contributed by atoms with E-state index in [4.69, 9.17) is 0 Å². The minimum absolute atomic E-state index is 0.0899. The molecule has 0 atom stereocenters. The van der Waals surface area contributed by atoms with E-state index in [1.54, 1.807) is 0 Å². The number of piperidine rings is 1. The van der Waals surface area contributed by atoms with Crippen LogP contribution in [0.15, 0.2) is 0 Å². The van der Waals surface area contributed by atoms with Gasteiger partial charge < -0.3 is 0 Å². The second-order valence-corrected chi connectivity index (χ2v) is 6.03. The van der Waals surface area contributed by atoms with Crippen LogP contribution in [0.2, 0.25) is 0 Å². The highest BCUT2D eigenvalue weighted by atomic mass is 16.2. The van der Waals surface area contributed by atoms with Crippen LogP contribution in [0.1, 0.15) is 65.2 Å². The van der Waals surface area contributed by atoms with Gasteiger partial charge in [0.2, 0.25) is 11.8 Å². The first kappa shape index (κ1) is 14.0. The molecule has 0 aromatic carbocycles. The summed E-state index contributed by atoms with van der Waals surface area (Å²) in [6, 6.07) is 2.21. The number of hydrogen-bond donors (Lipinski definition) is 0. The van der Waals surface area contributed by atoms with Gasteiger partial charge in [0.05, 0.1) is 6.07 Å². The van der Waals surface area contributed by atoms with Crippen LogP contribution in [-0.4, -0.2) is 22.3 Å². The molecular weight excluding hydrogens is 240 g/mol. The van der Waals surface area contributed by atoms with E-state index in [0.29, 0.717) is 25.7 Å². The van der Waals surface area contributed by atoms with E-state index < -0.39 is 5.54 Å². The molecule has 1 saturated heterocycles. The van der Waals surface area contributed by atoms with Gasteiger partial charge in [0.1, 0.15) is 5.54 Å². The zero-order valence-electron chi connectivity index (χ0n) is 11.9. The molecule has 0 aromatic heterocycles. The van der Waals surface area contributed by atoms with Gasteiger partial charge in [-0.15, -0.1) is 0 Å². The molecule has 0 N–H and O–H groups in total. The van der Waals surface area contributed by atoms with Crippen LogP contribution in [0, 0.1) is 16.7 Å². The third-order valence-corrected chi connectivity index (χ3v) is 5.02. The Morgan fingerprint density at radius 2 is 1.63 bits per heavy atom. The van der Waals surface area contributed by atoms with Crippen LogP contribution in [-0.2, 0) is 9.59 Å². The summed E-state index contributed by atoms with van der Waals surface area (Å²) in [7, 11) is 0. The average molecular weight is 262 g/mol. The number of nitriles is 1. The van der Waals surface area contributed by atoms with E-state index in [2.05, 4.69) is 6.07 Å². The number of hydrogen-bond acceptors (Lipinski definition) is 3. The van der Waals surface area contributed by atoms with E-state index in [1.165, 1.54) is 4.90 Å². The Morgan fingerprint density at radius 1 is 1.16 bits per heavy atom. The lowest BCUT2D eigenvalue weighted by atomic mass is 9.74. The fourth-order valence-electron chi connectivity index (χ4n) is 3.73. The van der Waals surface area contributed by atoms with Crippen molar-refractivity contribution in [1.29, 1.82) is 5.26 Å². The molecule has 1 heterocycles. The Morgan fingerprint density at radius 3 is 2.00 bits per heavy atom. The van der Waals surface area contributed by atoms with Crippen molar-refractivity contribution in [3.63, 3.8) is 0 Å². The first-order valence-corrected chi connectivity index (χ1v) is 7.30. The monoisotopic (exact) mass is 262 g/mol. The zero-order chi connectivity index (χ0) is 14.1. The average Bonchev–Trinajstić information content (AvgIpc) is 2.82. The predicted molar refractivity (Wildman–Crippen MR) is 70.9 cm³/mol. The molecule has 1 aliphatic carbocycles. The Kier molecular flexibility index (Phi) is 3.66. The van der Waals surface area contributed by atoms with Gasteiger partial charge in [-0.1, -0.05) is 26.7 Å². The molecule has 104 valence electrons. The number of carbonyl (C=O) groups is 2. The Hall–Kier alpha value is -1.37. The van der Waals surface area contributed by atoms with Gasteiger partial charge in [-0.2, -0.15) is 5.26 Å². The fraction of sp³-hybridized carbons (Fsp3) is 0.800. The summed E-state index contributed by atoms with van der Waals surface area (Å²) in [5.41, 5.74) is -1.03. The summed E-state index contributed by atoms with van der Waals surface area (Å²) < 4.78 is 0. The normalized spacial score (nSPS) is 22.9. The van der Waals surface area contributed by atoms with Gasteiger partial charge in [0.25, 0.3) is 0 Å². The van der Waals surface area contributed by atoms with Gasteiger partial charge in [0, 0.05) is 12.8 Å². The second-order valence-electron chi connectivity index (χ2n) is 6.03. The van der Waals surface area contributed by atoms with Crippen molar-refractivity contribution in [3.8, 4) is 6.07 Å². The van der Waals surface area contributed by atoms with Crippen molar-refractivity contribution in [2.45, 2.75) is 70.8 Å². The van der Waals surface area contributed by atoms with E-state index in [0.717, 1.165) is 25.7 Å². The van der Waals surface area contributed by atoms with Crippen LogP contribution >= 0.6 is 0 Å². The SMILES string of the molecule is CCC(C#N)(CC)N1C(=O)CC2(CCCC2)CC1=O. The number of nitrogens with zero attached hydrogens (tertiary/aromatic N) is 2. The van der Waals surface area contributed by atoms with Gasteiger partial charge in [-0.05, 0) is 31.1 Å². The lowest BCUT2D eigenvalue weighted by Crippen LogP contribution is -2.58. The van der Waals surface area contributed by atoms with Crippen molar-refractivity contribution >= 4 is 11.8 Å². The fourth-order valence-corrected chi connectivity index (χ4v) is 3.73. The van der Waals surface area contributed by atoms with Gasteiger partial charge in [-0.25, -0.2) is 0 Å². The first-order valence-electron chi connectivity index (χ1n) is 7.30. The molecule has 2 fully saturated rings. The van der Waals surface area contributed by atoms with E-state index >= 15 is 0 Å². The molecule has 19 heavy (non-hydrogen) atoms. The highest BCUT2D eigenvalue weighted by Gasteiger charge is 2.50. The lowest BCUT2D eigenvalue weighted by Gasteiger charge is -2.43. The van der Waals surface area contributed by atoms with E-state index in [1.807, 2.05) is 13.8 Å². The molecular formula is C15H22N2O2. The highest BCUT2D eigenvalue weighted by molar-refractivity contribution is 6.00. The standard InChI is InChI=1S/C15H22N2O2/c1-3-15(4-2,11-16)17-12(18)9-14(10-13(17)19)7-5-6-8-14/h3-10H2,1-2H3. The number of amides is 2. The molecule has 1 spiro atoms. The smallest absolute Gasteiger partial charge is 0.231 e. The predicted octanol–water partition coefficient (Wildman–Crippen LogP) is 2.78. The summed E-state index contributed by atoms with van der Waals surface area (Å²) in [5, 5.41) is 9.43. The molecule has 0 bridgehead atoms. The summed E-state index contributed by atoms with van der Waals surface area (Å²) in [5.74, 6) is -0.271. The maximum atomic E-state index is 12.4. The highest BCUT2D eigenvalue weighted by Crippen LogP contribution is 2.48. The summed E-state index contributed by atoms with van der Waals surface area (Å²) in [4.78, 5) is 26.2. The molecule has 2 rings (SSSR count). The Balaban J connectivity index is 2.28. The van der Waals surface area contributed by atoms with Crippen LogP contribution in [0.3, 0.4) is 0 Å². The minimum atomic E-state index is -0.936. The zero-order valence-corrected chi connectivity index (χ0v) is 11.9. The first-order chi connectivity index (χ1) is 9.02. The molecule has 2 aliphatic rings. The number of rotatable bonds is 3. The third kappa shape index (κ3) is 2.16. The maximum Gasteiger partial charge on any atom is 0.231 e. The molecule has 0 radical (unpaired) electrons. The van der Waals surface area contributed by atoms with Crippen molar-refractivity contribution in [2.75, 3.05) is 0 Å². The minimum Gasteiger partial charge on any atom is -0.274 e. The lowest BCUT2D eigenvalue weighted by molar-refractivity contribution is -0.159. The van der Waals surface area contributed by atoms with Crippen LogP contribution in [0.5, 0.6) is 0 Å². The summed E-state index contributed by atoms with van der Waals surface area (Å²) >= 11 is 0. The molecule has 4 heteroatoms.